The number of hydrogen-bond donors (Lipinski definition) is 1. The van der Waals surface area contributed by atoms with Gasteiger partial charge in [-0.1, -0.05) is 32.0 Å². The van der Waals surface area contributed by atoms with E-state index in [2.05, 4.69) is 0 Å². The Bertz CT molecular complexity index is 487. The highest BCUT2D eigenvalue weighted by atomic mass is 32.2. The lowest BCUT2D eigenvalue weighted by Gasteiger charge is -2.25. The molecule has 0 heterocycles. The standard InChI is InChI=1S/C13H20O3S/c1-10(2)17(15,16)12-8-6-5-7-11(12)13(3,4)9-14/h5-8,10,14H,9H2,1-4H3. The third kappa shape index (κ3) is 2.69. The molecule has 0 saturated heterocycles. The average molecular weight is 256 g/mol. The molecule has 0 fully saturated rings. The molecule has 3 nitrogen and oxygen atoms in total. The first kappa shape index (κ1) is 14.2. The van der Waals surface area contributed by atoms with E-state index in [1.165, 1.54) is 0 Å². The fourth-order valence-electron chi connectivity index (χ4n) is 1.61. The van der Waals surface area contributed by atoms with E-state index >= 15 is 0 Å². The summed E-state index contributed by atoms with van der Waals surface area (Å²) in [6, 6.07) is 6.89. The van der Waals surface area contributed by atoms with Crippen molar-refractivity contribution in [3.8, 4) is 0 Å². The Hall–Kier alpha value is -0.870. The van der Waals surface area contributed by atoms with Crippen LogP contribution in [0.5, 0.6) is 0 Å². The first-order valence-electron chi connectivity index (χ1n) is 5.67. The highest BCUT2D eigenvalue weighted by Gasteiger charge is 2.29. The summed E-state index contributed by atoms with van der Waals surface area (Å²) < 4.78 is 24.5. The number of benzene rings is 1. The van der Waals surface area contributed by atoms with Crippen LogP contribution < -0.4 is 0 Å². The molecule has 1 aromatic carbocycles. The molecule has 0 spiro atoms. The van der Waals surface area contributed by atoms with Gasteiger partial charge in [-0.25, -0.2) is 8.42 Å². The molecule has 0 unspecified atom stereocenters. The lowest BCUT2D eigenvalue weighted by Crippen LogP contribution is -2.26. The van der Waals surface area contributed by atoms with E-state index in [-0.39, 0.29) is 6.61 Å². The Morgan fingerprint density at radius 3 is 2.24 bits per heavy atom. The third-order valence-corrected chi connectivity index (χ3v) is 5.15. The molecular weight excluding hydrogens is 236 g/mol. The van der Waals surface area contributed by atoms with Crippen molar-refractivity contribution in [2.24, 2.45) is 0 Å². The van der Waals surface area contributed by atoms with Crippen LogP contribution in [0.1, 0.15) is 33.3 Å². The zero-order valence-corrected chi connectivity index (χ0v) is 11.6. The van der Waals surface area contributed by atoms with Crippen LogP contribution in [-0.2, 0) is 15.3 Å². The van der Waals surface area contributed by atoms with E-state index in [0.29, 0.717) is 10.5 Å². The SMILES string of the molecule is CC(C)S(=O)(=O)c1ccccc1C(C)(C)CO. The zero-order valence-electron chi connectivity index (χ0n) is 10.8. The van der Waals surface area contributed by atoms with Gasteiger partial charge in [0.05, 0.1) is 16.8 Å². The summed E-state index contributed by atoms with van der Waals surface area (Å²) >= 11 is 0. The van der Waals surface area contributed by atoms with Gasteiger partial charge < -0.3 is 5.11 Å². The first-order valence-corrected chi connectivity index (χ1v) is 7.22. The number of aliphatic hydroxyl groups is 1. The minimum absolute atomic E-state index is 0.0857. The molecule has 1 aromatic rings. The van der Waals surface area contributed by atoms with Crippen LogP contribution >= 0.6 is 0 Å². The molecule has 1 N–H and O–H groups in total. The van der Waals surface area contributed by atoms with Gasteiger partial charge in [0.2, 0.25) is 0 Å². The van der Waals surface area contributed by atoms with Crippen LogP contribution in [0.25, 0.3) is 0 Å². The second-order valence-corrected chi connectivity index (χ2v) is 7.60. The normalized spacial score (nSPS) is 13.1. The quantitative estimate of drug-likeness (QED) is 0.898. The molecule has 0 radical (unpaired) electrons. The summed E-state index contributed by atoms with van der Waals surface area (Å²) in [6.07, 6.45) is 0. The van der Waals surface area contributed by atoms with Crippen molar-refractivity contribution in [2.75, 3.05) is 6.61 Å². The molecule has 4 heteroatoms. The van der Waals surface area contributed by atoms with E-state index in [0.717, 1.165) is 0 Å². The molecule has 1 rings (SSSR count). The highest BCUT2D eigenvalue weighted by Crippen LogP contribution is 2.30. The summed E-state index contributed by atoms with van der Waals surface area (Å²) in [5, 5.41) is 8.92. The van der Waals surface area contributed by atoms with E-state index in [9.17, 15) is 13.5 Å². The zero-order chi connectivity index (χ0) is 13.3. The largest absolute Gasteiger partial charge is 0.395 e. The smallest absolute Gasteiger partial charge is 0.180 e. The predicted molar refractivity (Wildman–Crippen MR) is 68.9 cm³/mol. The number of sulfone groups is 1. The Morgan fingerprint density at radius 1 is 1.24 bits per heavy atom. The van der Waals surface area contributed by atoms with Gasteiger partial charge in [0.15, 0.2) is 9.84 Å². The second-order valence-electron chi connectivity index (χ2n) is 5.13. The topological polar surface area (TPSA) is 54.4 Å². The maximum Gasteiger partial charge on any atom is 0.180 e. The summed E-state index contributed by atoms with van der Waals surface area (Å²) in [5.41, 5.74) is 0.120. The van der Waals surface area contributed by atoms with Crippen LogP contribution in [-0.4, -0.2) is 25.4 Å². The number of aliphatic hydroxyl groups excluding tert-OH is 1. The van der Waals surface area contributed by atoms with Gasteiger partial charge in [-0.3, -0.25) is 0 Å². The van der Waals surface area contributed by atoms with Gasteiger partial charge in [0.1, 0.15) is 0 Å². The molecule has 0 bridgehead atoms. The Kier molecular flexibility index (Phi) is 3.99. The molecule has 17 heavy (non-hydrogen) atoms. The van der Waals surface area contributed by atoms with Crippen molar-refractivity contribution in [2.45, 2.75) is 43.3 Å². The van der Waals surface area contributed by atoms with Gasteiger partial charge in [0.25, 0.3) is 0 Å². The molecule has 0 amide bonds. The fourth-order valence-corrected chi connectivity index (χ4v) is 3.04. The Labute approximate surface area is 103 Å². The van der Waals surface area contributed by atoms with Gasteiger partial charge in [-0.15, -0.1) is 0 Å². The van der Waals surface area contributed by atoms with Crippen LogP contribution in [0.4, 0.5) is 0 Å². The van der Waals surface area contributed by atoms with E-state index in [4.69, 9.17) is 0 Å². The third-order valence-electron chi connectivity index (χ3n) is 2.94. The summed E-state index contributed by atoms with van der Waals surface area (Å²) in [6.45, 7) is 6.91. The summed E-state index contributed by atoms with van der Waals surface area (Å²) in [7, 11) is -3.31. The van der Waals surface area contributed by atoms with Gasteiger partial charge >= 0.3 is 0 Å². The highest BCUT2D eigenvalue weighted by molar-refractivity contribution is 7.92. The lowest BCUT2D eigenvalue weighted by atomic mass is 9.86. The van der Waals surface area contributed by atoms with Crippen LogP contribution in [0.2, 0.25) is 0 Å². The maximum atomic E-state index is 12.2. The minimum Gasteiger partial charge on any atom is -0.395 e. The van der Waals surface area contributed by atoms with Gasteiger partial charge in [0, 0.05) is 5.41 Å². The van der Waals surface area contributed by atoms with Crippen molar-refractivity contribution >= 4 is 9.84 Å². The molecule has 0 aliphatic carbocycles. The second kappa shape index (κ2) is 4.78. The molecule has 0 aromatic heterocycles. The van der Waals surface area contributed by atoms with Gasteiger partial charge in [-0.2, -0.15) is 0 Å². The molecule has 0 saturated carbocycles. The first-order chi connectivity index (χ1) is 7.73. The van der Waals surface area contributed by atoms with E-state index in [1.807, 2.05) is 13.8 Å². The minimum atomic E-state index is -3.31. The molecule has 0 aliphatic rings. The number of rotatable bonds is 4. The Morgan fingerprint density at radius 2 is 1.76 bits per heavy atom. The Balaban J connectivity index is 3.48. The van der Waals surface area contributed by atoms with Gasteiger partial charge in [-0.05, 0) is 25.5 Å². The van der Waals surface area contributed by atoms with Crippen molar-refractivity contribution in [1.82, 2.24) is 0 Å². The molecule has 0 aliphatic heterocycles. The van der Waals surface area contributed by atoms with Crippen molar-refractivity contribution in [3.05, 3.63) is 29.8 Å². The fraction of sp³-hybridized carbons (Fsp3) is 0.538. The van der Waals surface area contributed by atoms with Crippen molar-refractivity contribution < 1.29 is 13.5 Å². The molecule has 0 atom stereocenters. The number of hydrogen-bond acceptors (Lipinski definition) is 3. The van der Waals surface area contributed by atoms with E-state index in [1.54, 1.807) is 38.1 Å². The maximum absolute atomic E-state index is 12.2. The van der Waals surface area contributed by atoms with E-state index < -0.39 is 20.5 Å². The lowest BCUT2D eigenvalue weighted by molar-refractivity contribution is 0.216. The van der Waals surface area contributed by atoms with Crippen LogP contribution in [0, 0.1) is 0 Å². The van der Waals surface area contributed by atoms with Crippen molar-refractivity contribution in [1.29, 1.82) is 0 Å². The monoisotopic (exact) mass is 256 g/mol. The summed E-state index contributed by atoms with van der Waals surface area (Å²) in [4.78, 5) is 0.328. The average Bonchev–Trinajstić information content (AvgIpc) is 2.29. The molecule has 96 valence electrons. The van der Waals surface area contributed by atoms with Crippen LogP contribution in [0.15, 0.2) is 29.2 Å². The molecular formula is C13H20O3S. The summed E-state index contributed by atoms with van der Waals surface area (Å²) in [5.74, 6) is 0. The van der Waals surface area contributed by atoms with Crippen LogP contribution in [0.3, 0.4) is 0 Å². The predicted octanol–water partition coefficient (Wildman–Crippen LogP) is 2.14. The van der Waals surface area contributed by atoms with Crippen molar-refractivity contribution in [3.63, 3.8) is 0 Å².